The first kappa shape index (κ1) is 27.5. The van der Waals surface area contributed by atoms with Crippen molar-refractivity contribution in [2.24, 2.45) is 0 Å². The van der Waals surface area contributed by atoms with Crippen molar-refractivity contribution < 1.29 is 22.7 Å². The van der Waals surface area contributed by atoms with E-state index < -0.39 is 28.5 Å². The van der Waals surface area contributed by atoms with Crippen molar-refractivity contribution in [2.75, 3.05) is 30.8 Å². The van der Waals surface area contributed by atoms with E-state index >= 15 is 0 Å². The minimum absolute atomic E-state index is 0.127. The summed E-state index contributed by atoms with van der Waals surface area (Å²) < 4.78 is 31.7. The number of ether oxygens (including phenoxy) is 1. The monoisotopic (exact) mass is 515 g/mol. The molecule has 2 aromatic carbocycles. The zero-order valence-corrected chi connectivity index (χ0v) is 22.2. The van der Waals surface area contributed by atoms with Crippen molar-refractivity contribution in [3.05, 3.63) is 60.2 Å². The van der Waals surface area contributed by atoms with Crippen LogP contribution in [0, 0.1) is 0 Å². The van der Waals surface area contributed by atoms with Crippen molar-refractivity contribution in [3.8, 4) is 5.75 Å². The maximum atomic E-state index is 13.7. The molecule has 1 unspecified atom stereocenters. The van der Waals surface area contributed by atoms with Gasteiger partial charge in [-0.2, -0.15) is 0 Å². The van der Waals surface area contributed by atoms with Gasteiger partial charge < -0.3 is 15.0 Å². The van der Waals surface area contributed by atoms with Crippen molar-refractivity contribution in [2.45, 2.75) is 57.5 Å². The summed E-state index contributed by atoms with van der Waals surface area (Å²) in [6, 6.07) is 15.8. The molecular formula is C27H37N3O5S. The molecule has 36 heavy (non-hydrogen) atoms. The molecule has 1 aliphatic carbocycles. The van der Waals surface area contributed by atoms with E-state index in [-0.39, 0.29) is 11.9 Å². The normalized spacial score (nSPS) is 14.8. The number of carbonyl (C=O) groups is 2. The predicted octanol–water partition coefficient (Wildman–Crippen LogP) is 3.37. The lowest BCUT2D eigenvalue weighted by molar-refractivity contribution is -0.139. The molecule has 1 atom stereocenters. The van der Waals surface area contributed by atoms with Gasteiger partial charge in [0, 0.05) is 18.7 Å². The molecule has 196 valence electrons. The topological polar surface area (TPSA) is 96.0 Å². The summed E-state index contributed by atoms with van der Waals surface area (Å²) in [5.41, 5.74) is 1.37. The molecule has 9 heteroatoms. The Hall–Kier alpha value is -3.07. The lowest BCUT2D eigenvalue weighted by Crippen LogP contribution is -2.54. The summed E-state index contributed by atoms with van der Waals surface area (Å²) in [5, 5.41) is 3.11. The molecule has 1 saturated carbocycles. The zero-order valence-electron chi connectivity index (χ0n) is 21.4. The third-order valence-corrected chi connectivity index (χ3v) is 7.73. The van der Waals surface area contributed by atoms with Gasteiger partial charge in [-0.3, -0.25) is 13.9 Å². The van der Waals surface area contributed by atoms with Crippen LogP contribution in [-0.4, -0.2) is 63.7 Å². The smallest absolute Gasteiger partial charge is 0.244 e. The van der Waals surface area contributed by atoms with Crippen molar-refractivity contribution in [1.29, 1.82) is 0 Å². The summed E-state index contributed by atoms with van der Waals surface area (Å²) >= 11 is 0. The average Bonchev–Trinajstić information content (AvgIpc) is 3.37. The molecule has 2 aromatic rings. The van der Waals surface area contributed by atoms with Crippen LogP contribution in [-0.2, 0) is 26.0 Å². The van der Waals surface area contributed by atoms with Gasteiger partial charge in [0.25, 0.3) is 0 Å². The minimum Gasteiger partial charge on any atom is -0.497 e. The summed E-state index contributed by atoms with van der Waals surface area (Å²) in [4.78, 5) is 28.5. The first-order chi connectivity index (χ1) is 17.2. The van der Waals surface area contributed by atoms with E-state index in [1.54, 1.807) is 24.3 Å². The standard InChI is InChI=1S/C27H37N3O5S/c1-4-25(27(32)28-22-13-8-9-14-22)29(18-17-21-11-6-5-7-12-21)26(31)20-30(36(3,33)34)23-15-10-16-24(19-23)35-2/h5-7,10-12,15-16,19,22,25H,4,8-9,13-14,17-18,20H2,1-3H3,(H,28,32). The van der Waals surface area contributed by atoms with Crippen LogP contribution >= 0.6 is 0 Å². The first-order valence-corrected chi connectivity index (χ1v) is 14.3. The molecule has 8 nitrogen and oxygen atoms in total. The number of nitrogens with zero attached hydrogens (tertiary/aromatic N) is 2. The van der Waals surface area contributed by atoms with Gasteiger partial charge in [-0.1, -0.05) is 56.2 Å². The van der Waals surface area contributed by atoms with E-state index in [1.165, 1.54) is 12.0 Å². The van der Waals surface area contributed by atoms with Gasteiger partial charge in [0.15, 0.2) is 0 Å². The molecule has 1 N–H and O–H groups in total. The number of carbonyl (C=O) groups excluding carboxylic acids is 2. The van der Waals surface area contributed by atoms with Crippen LogP contribution in [0.4, 0.5) is 5.69 Å². The number of anilines is 1. The highest BCUT2D eigenvalue weighted by Crippen LogP contribution is 2.24. The molecular weight excluding hydrogens is 478 g/mol. The summed E-state index contributed by atoms with van der Waals surface area (Å²) in [6.45, 7) is 1.77. The number of methoxy groups -OCH3 is 1. The number of hydrogen-bond donors (Lipinski definition) is 1. The van der Waals surface area contributed by atoms with E-state index in [1.807, 2.05) is 37.3 Å². The van der Waals surface area contributed by atoms with Gasteiger partial charge in [0.1, 0.15) is 18.3 Å². The highest BCUT2D eigenvalue weighted by molar-refractivity contribution is 7.92. The molecule has 0 aromatic heterocycles. The molecule has 0 saturated heterocycles. The highest BCUT2D eigenvalue weighted by Gasteiger charge is 2.32. The maximum Gasteiger partial charge on any atom is 0.244 e. The minimum atomic E-state index is -3.78. The van der Waals surface area contributed by atoms with Gasteiger partial charge >= 0.3 is 0 Å². The van der Waals surface area contributed by atoms with Crippen LogP contribution in [0.2, 0.25) is 0 Å². The summed E-state index contributed by atoms with van der Waals surface area (Å²) in [7, 11) is -2.29. The molecule has 0 aliphatic heterocycles. The average molecular weight is 516 g/mol. The molecule has 1 aliphatic rings. The Morgan fingerprint density at radius 1 is 1.08 bits per heavy atom. The highest BCUT2D eigenvalue weighted by atomic mass is 32.2. The lowest BCUT2D eigenvalue weighted by Gasteiger charge is -2.33. The number of amides is 2. The van der Waals surface area contributed by atoms with Gasteiger partial charge in [0.2, 0.25) is 21.8 Å². The van der Waals surface area contributed by atoms with E-state index in [2.05, 4.69) is 5.32 Å². The molecule has 0 bridgehead atoms. The van der Waals surface area contributed by atoms with Crippen LogP contribution in [0.5, 0.6) is 5.75 Å². The van der Waals surface area contributed by atoms with E-state index in [9.17, 15) is 18.0 Å². The second-order valence-electron chi connectivity index (χ2n) is 9.21. The van der Waals surface area contributed by atoms with E-state index in [4.69, 9.17) is 4.74 Å². The van der Waals surface area contributed by atoms with Crippen LogP contribution in [0.15, 0.2) is 54.6 Å². The van der Waals surface area contributed by atoms with Crippen molar-refractivity contribution in [1.82, 2.24) is 10.2 Å². The van der Waals surface area contributed by atoms with Gasteiger partial charge in [0.05, 0.1) is 19.1 Å². The third-order valence-electron chi connectivity index (χ3n) is 6.59. The van der Waals surface area contributed by atoms with Crippen LogP contribution in [0.1, 0.15) is 44.6 Å². The molecule has 2 amide bonds. The second-order valence-corrected chi connectivity index (χ2v) is 11.1. The fourth-order valence-corrected chi connectivity index (χ4v) is 5.48. The van der Waals surface area contributed by atoms with E-state index in [0.717, 1.165) is 41.8 Å². The predicted molar refractivity (Wildman–Crippen MR) is 142 cm³/mol. The van der Waals surface area contributed by atoms with Crippen molar-refractivity contribution >= 4 is 27.5 Å². The van der Waals surface area contributed by atoms with Crippen molar-refractivity contribution in [3.63, 3.8) is 0 Å². The Kier molecular flexibility index (Phi) is 9.75. The van der Waals surface area contributed by atoms with E-state index in [0.29, 0.717) is 30.8 Å². The van der Waals surface area contributed by atoms with Crippen LogP contribution < -0.4 is 14.4 Å². The summed E-state index contributed by atoms with van der Waals surface area (Å²) in [6.07, 6.45) is 6.10. The molecule has 3 rings (SSSR count). The maximum absolute atomic E-state index is 13.7. The lowest BCUT2D eigenvalue weighted by atomic mass is 10.1. The quantitative estimate of drug-likeness (QED) is 0.468. The van der Waals surface area contributed by atoms with Crippen LogP contribution in [0.3, 0.4) is 0 Å². The number of hydrogen-bond acceptors (Lipinski definition) is 5. The Balaban J connectivity index is 1.87. The van der Waals surface area contributed by atoms with Gasteiger partial charge in [-0.15, -0.1) is 0 Å². The third kappa shape index (κ3) is 7.46. The van der Waals surface area contributed by atoms with Gasteiger partial charge in [-0.05, 0) is 43.4 Å². The Labute approximate surface area is 214 Å². The molecule has 1 fully saturated rings. The molecule has 0 spiro atoms. The fourth-order valence-electron chi connectivity index (χ4n) is 4.64. The Morgan fingerprint density at radius 2 is 1.78 bits per heavy atom. The number of sulfonamides is 1. The first-order valence-electron chi connectivity index (χ1n) is 12.5. The largest absolute Gasteiger partial charge is 0.497 e. The number of nitrogens with one attached hydrogen (secondary N) is 1. The summed E-state index contributed by atoms with van der Waals surface area (Å²) in [5.74, 6) is -0.123. The number of benzene rings is 2. The molecule has 0 radical (unpaired) electrons. The Bertz CT molecular complexity index is 1120. The zero-order chi connectivity index (χ0) is 26.1. The number of rotatable bonds is 12. The van der Waals surface area contributed by atoms with Crippen LogP contribution in [0.25, 0.3) is 0 Å². The SMILES string of the molecule is CCC(C(=O)NC1CCCC1)N(CCc1ccccc1)C(=O)CN(c1cccc(OC)c1)S(C)(=O)=O. The fraction of sp³-hybridized carbons (Fsp3) is 0.481. The molecule has 0 heterocycles. The van der Waals surface area contributed by atoms with Gasteiger partial charge in [-0.25, -0.2) is 8.42 Å². The Morgan fingerprint density at radius 3 is 2.39 bits per heavy atom. The second kappa shape index (κ2) is 12.8.